The lowest BCUT2D eigenvalue weighted by molar-refractivity contribution is -0.115. The van der Waals surface area contributed by atoms with E-state index in [1.165, 1.54) is 6.07 Å². The van der Waals surface area contributed by atoms with E-state index in [1.54, 1.807) is 47.0 Å². The van der Waals surface area contributed by atoms with Crippen LogP contribution in [0.1, 0.15) is 16.5 Å². The third kappa shape index (κ3) is 4.44. The molecule has 0 unspecified atom stereocenters. The number of amides is 1. The van der Waals surface area contributed by atoms with E-state index >= 15 is 0 Å². The summed E-state index contributed by atoms with van der Waals surface area (Å²) in [7, 11) is 0. The molecule has 4 rings (SSSR count). The number of halogens is 3. The smallest absolute Gasteiger partial charge is 0.238 e. The molecule has 1 aliphatic heterocycles. The Kier molecular flexibility index (Phi) is 6.13. The highest BCUT2D eigenvalue weighted by Gasteiger charge is 2.34. The summed E-state index contributed by atoms with van der Waals surface area (Å²) in [5.41, 5.74) is 2.28. The van der Waals surface area contributed by atoms with Crippen molar-refractivity contribution in [2.45, 2.75) is 12.0 Å². The van der Waals surface area contributed by atoms with Crippen molar-refractivity contribution in [3.8, 4) is 5.75 Å². The number of thioether (sulfide) groups is 1. The molecule has 1 heterocycles. The second kappa shape index (κ2) is 8.78. The SMILES string of the molecule is O=C1CS[C@H](c2ccc(OCc3ccccc3F)c(Br)c2)N1c1ccc(Cl)cc1. The Hall–Kier alpha value is -2.02. The molecule has 0 N–H and O–H groups in total. The van der Waals surface area contributed by atoms with Crippen molar-refractivity contribution in [3.63, 3.8) is 0 Å². The molecule has 7 heteroatoms. The van der Waals surface area contributed by atoms with Crippen molar-refractivity contribution >= 4 is 50.9 Å². The third-order valence-corrected chi connectivity index (χ3v) is 6.64. The van der Waals surface area contributed by atoms with Crippen LogP contribution in [-0.4, -0.2) is 11.7 Å². The fourth-order valence-electron chi connectivity index (χ4n) is 3.11. The maximum atomic E-state index is 13.8. The van der Waals surface area contributed by atoms with E-state index in [0.29, 0.717) is 22.1 Å². The van der Waals surface area contributed by atoms with Gasteiger partial charge in [-0.15, -0.1) is 11.8 Å². The number of carbonyl (C=O) groups excluding carboxylic acids is 1. The van der Waals surface area contributed by atoms with Crippen molar-refractivity contribution in [2.75, 3.05) is 10.7 Å². The van der Waals surface area contributed by atoms with Gasteiger partial charge >= 0.3 is 0 Å². The monoisotopic (exact) mass is 491 g/mol. The molecule has 1 aliphatic rings. The van der Waals surface area contributed by atoms with Gasteiger partial charge in [0.1, 0.15) is 23.5 Å². The molecule has 0 bridgehead atoms. The van der Waals surface area contributed by atoms with Gasteiger partial charge in [-0.1, -0.05) is 35.9 Å². The average Bonchev–Trinajstić information content (AvgIpc) is 3.10. The first-order chi connectivity index (χ1) is 14.0. The molecular weight excluding hydrogens is 477 g/mol. The number of carbonyl (C=O) groups is 1. The number of nitrogens with zero attached hydrogens (tertiary/aromatic N) is 1. The Balaban J connectivity index is 1.54. The number of hydrogen-bond acceptors (Lipinski definition) is 3. The molecule has 1 atom stereocenters. The first kappa shape index (κ1) is 20.3. The van der Waals surface area contributed by atoms with Crippen LogP contribution in [0, 0.1) is 5.82 Å². The Morgan fingerprint density at radius 1 is 1.14 bits per heavy atom. The molecule has 0 spiro atoms. The van der Waals surface area contributed by atoms with Gasteiger partial charge in [0.25, 0.3) is 0 Å². The van der Waals surface area contributed by atoms with Gasteiger partial charge in [-0.3, -0.25) is 9.69 Å². The molecule has 3 aromatic carbocycles. The second-order valence-electron chi connectivity index (χ2n) is 6.47. The number of benzene rings is 3. The first-order valence-corrected chi connectivity index (χ1v) is 11.1. The zero-order valence-corrected chi connectivity index (χ0v) is 18.3. The van der Waals surface area contributed by atoms with Crippen LogP contribution in [0.25, 0.3) is 0 Å². The van der Waals surface area contributed by atoms with Crippen LogP contribution in [0.15, 0.2) is 71.2 Å². The quantitative estimate of drug-likeness (QED) is 0.402. The molecule has 0 saturated carbocycles. The lowest BCUT2D eigenvalue weighted by Gasteiger charge is -2.25. The molecule has 29 heavy (non-hydrogen) atoms. The largest absolute Gasteiger partial charge is 0.488 e. The van der Waals surface area contributed by atoms with Gasteiger partial charge in [-0.05, 0) is 64.0 Å². The fraction of sp³-hybridized carbons (Fsp3) is 0.136. The molecule has 0 radical (unpaired) electrons. The van der Waals surface area contributed by atoms with Gasteiger partial charge in [-0.2, -0.15) is 0 Å². The topological polar surface area (TPSA) is 29.5 Å². The zero-order valence-electron chi connectivity index (χ0n) is 15.1. The molecule has 148 valence electrons. The van der Waals surface area contributed by atoms with E-state index in [9.17, 15) is 9.18 Å². The van der Waals surface area contributed by atoms with Crippen LogP contribution in [0.2, 0.25) is 5.02 Å². The lowest BCUT2D eigenvalue weighted by Crippen LogP contribution is -2.27. The zero-order chi connectivity index (χ0) is 20.4. The van der Waals surface area contributed by atoms with Crippen LogP contribution >= 0.6 is 39.3 Å². The maximum absolute atomic E-state index is 13.8. The average molecular weight is 493 g/mol. The van der Waals surface area contributed by atoms with E-state index in [-0.39, 0.29) is 23.7 Å². The fourth-order valence-corrected chi connectivity index (χ4v) is 4.91. The molecule has 1 saturated heterocycles. The van der Waals surface area contributed by atoms with Crippen LogP contribution in [-0.2, 0) is 11.4 Å². The van der Waals surface area contributed by atoms with Gasteiger partial charge in [0.05, 0.1) is 10.2 Å². The van der Waals surface area contributed by atoms with E-state index in [1.807, 2.05) is 30.3 Å². The van der Waals surface area contributed by atoms with Crippen molar-refractivity contribution in [2.24, 2.45) is 0 Å². The van der Waals surface area contributed by atoms with Crippen LogP contribution in [0.5, 0.6) is 5.75 Å². The Morgan fingerprint density at radius 2 is 1.90 bits per heavy atom. The second-order valence-corrected chi connectivity index (χ2v) is 8.83. The van der Waals surface area contributed by atoms with E-state index in [2.05, 4.69) is 15.9 Å². The summed E-state index contributed by atoms with van der Waals surface area (Å²) in [5, 5.41) is 0.490. The van der Waals surface area contributed by atoms with Gasteiger partial charge in [-0.25, -0.2) is 4.39 Å². The third-order valence-electron chi connectivity index (χ3n) is 4.55. The van der Waals surface area contributed by atoms with E-state index < -0.39 is 0 Å². The van der Waals surface area contributed by atoms with Crippen molar-refractivity contribution < 1.29 is 13.9 Å². The molecule has 0 aliphatic carbocycles. The lowest BCUT2D eigenvalue weighted by atomic mass is 10.1. The van der Waals surface area contributed by atoms with Crippen molar-refractivity contribution in [1.29, 1.82) is 0 Å². The van der Waals surface area contributed by atoms with Crippen LogP contribution in [0.3, 0.4) is 0 Å². The van der Waals surface area contributed by atoms with Crippen LogP contribution in [0.4, 0.5) is 10.1 Å². The highest BCUT2D eigenvalue weighted by Crippen LogP contribution is 2.43. The first-order valence-electron chi connectivity index (χ1n) is 8.88. The normalized spacial score (nSPS) is 16.3. The van der Waals surface area contributed by atoms with Gasteiger partial charge in [0.2, 0.25) is 5.91 Å². The summed E-state index contributed by atoms with van der Waals surface area (Å²) in [5.74, 6) is 0.790. The van der Waals surface area contributed by atoms with Gasteiger partial charge in [0.15, 0.2) is 0 Å². The molecule has 1 fully saturated rings. The summed E-state index contributed by atoms with van der Waals surface area (Å²) in [6.07, 6.45) is 0. The predicted molar refractivity (Wildman–Crippen MR) is 119 cm³/mol. The molecule has 3 nitrogen and oxygen atoms in total. The molecule has 3 aromatic rings. The molecular formula is C22H16BrClFNO2S. The standard InChI is InChI=1S/C22H16BrClFNO2S/c23-18-11-14(5-10-20(18)28-12-15-3-1-2-4-19(15)25)22-26(21(27)13-29-22)17-8-6-16(24)7-9-17/h1-11,22H,12-13H2/t22-/m1/s1. The van der Waals surface area contributed by atoms with Gasteiger partial charge in [0, 0.05) is 16.3 Å². The van der Waals surface area contributed by atoms with Crippen molar-refractivity contribution in [3.05, 3.63) is 93.2 Å². The summed E-state index contributed by atoms with van der Waals surface area (Å²) >= 11 is 11.1. The van der Waals surface area contributed by atoms with Gasteiger partial charge < -0.3 is 4.74 Å². The predicted octanol–water partition coefficient (Wildman–Crippen LogP) is 6.60. The minimum Gasteiger partial charge on any atom is -0.488 e. The Bertz CT molecular complexity index is 1050. The highest BCUT2D eigenvalue weighted by molar-refractivity contribution is 9.10. The summed E-state index contributed by atoms with van der Waals surface area (Å²) < 4.78 is 20.3. The number of rotatable bonds is 5. The van der Waals surface area contributed by atoms with E-state index in [0.717, 1.165) is 15.7 Å². The Labute approximate surface area is 185 Å². The summed E-state index contributed by atoms with van der Waals surface area (Å²) in [6, 6.07) is 19.5. The van der Waals surface area contributed by atoms with Crippen molar-refractivity contribution in [1.82, 2.24) is 0 Å². The van der Waals surface area contributed by atoms with Crippen LogP contribution < -0.4 is 9.64 Å². The maximum Gasteiger partial charge on any atom is 0.238 e. The number of anilines is 1. The minimum absolute atomic E-state index is 0.0540. The minimum atomic E-state index is -0.292. The molecule has 0 aromatic heterocycles. The Morgan fingerprint density at radius 3 is 2.62 bits per heavy atom. The number of ether oxygens (including phenoxy) is 1. The summed E-state index contributed by atoms with van der Waals surface area (Å²) in [6.45, 7) is 0.137. The number of hydrogen-bond donors (Lipinski definition) is 0. The summed E-state index contributed by atoms with van der Waals surface area (Å²) in [4.78, 5) is 14.3. The highest BCUT2D eigenvalue weighted by atomic mass is 79.9. The molecule has 1 amide bonds. The van der Waals surface area contributed by atoms with E-state index in [4.69, 9.17) is 16.3 Å².